The van der Waals surface area contributed by atoms with Crippen molar-refractivity contribution in [2.24, 2.45) is 0 Å². The number of benzene rings is 2. The normalized spacial score (nSPS) is 10.8. The Kier molecular flexibility index (Phi) is 4.58. The minimum absolute atomic E-state index is 0.363. The molecule has 31 heavy (non-hydrogen) atoms. The lowest BCUT2D eigenvalue weighted by molar-refractivity contribution is 0.262. The number of hydrogen-bond donors (Lipinski definition) is 3. The van der Waals surface area contributed by atoms with Gasteiger partial charge in [0.05, 0.1) is 22.8 Å². The lowest BCUT2D eigenvalue weighted by Gasteiger charge is -2.10. The molecule has 0 bridgehead atoms. The minimum atomic E-state index is -0.363. The van der Waals surface area contributed by atoms with Gasteiger partial charge < -0.3 is 20.2 Å². The van der Waals surface area contributed by atoms with Crippen molar-refractivity contribution in [2.75, 3.05) is 10.6 Å². The number of nitrogens with one attached hydrogen (secondary N) is 3. The molecule has 3 N–H and O–H groups in total. The van der Waals surface area contributed by atoms with Crippen molar-refractivity contribution in [3.63, 3.8) is 0 Å². The molecule has 2 aromatic carbocycles. The van der Waals surface area contributed by atoms with Crippen LogP contribution in [0.15, 0.2) is 79.3 Å². The second-order valence-corrected chi connectivity index (χ2v) is 7.17. The van der Waals surface area contributed by atoms with Gasteiger partial charge in [0, 0.05) is 41.6 Å². The van der Waals surface area contributed by atoms with E-state index in [1.807, 2.05) is 42.7 Å². The second kappa shape index (κ2) is 7.69. The van der Waals surface area contributed by atoms with Gasteiger partial charge in [-0.15, -0.1) is 0 Å². The summed E-state index contributed by atoms with van der Waals surface area (Å²) in [7, 11) is 0. The van der Waals surface area contributed by atoms with E-state index in [-0.39, 0.29) is 6.03 Å². The highest BCUT2D eigenvalue weighted by Gasteiger charge is 2.11. The fraction of sp³-hybridized carbons (Fsp3) is 0.0417. The monoisotopic (exact) mass is 406 g/mol. The number of carbonyl (C=O) groups is 1. The van der Waals surface area contributed by atoms with Crippen LogP contribution >= 0.6 is 0 Å². The zero-order valence-electron chi connectivity index (χ0n) is 16.5. The number of carbonyl (C=O) groups excluding carboxylic acids is 1. The molecule has 0 unspecified atom stereocenters. The van der Waals surface area contributed by atoms with Gasteiger partial charge in [0.2, 0.25) is 0 Å². The van der Waals surface area contributed by atoms with Crippen molar-refractivity contribution in [3.05, 3.63) is 90.4 Å². The molecule has 3 heterocycles. The first kappa shape index (κ1) is 18.5. The summed E-state index contributed by atoms with van der Waals surface area (Å²) in [6, 6.07) is 20.3. The molecule has 0 aliphatic carbocycles. The van der Waals surface area contributed by atoms with Crippen molar-refractivity contribution in [1.29, 1.82) is 5.26 Å². The van der Waals surface area contributed by atoms with E-state index >= 15 is 0 Å². The topological polar surface area (TPSA) is 98.5 Å². The number of urea groups is 1. The number of aromatic nitrogens is 3. The van der Waals surface area contributed by atoms with Gasteiger partial charge in [-0.2, -0.15) is 5.26 Å². The average molecular weight is 406 g/mol. The second-order valence-electron chi connectivity index (χ2n) is 7.17. The summed E-state index contributed by atoms with van der Waals surface area (Å²) in [5, 5.41) is 16.7. The largest absolute Gasteiger partial charge is 0.346 e. The first-order chi connectivity index (χ1) is 15.2. The van der Waals surface area contributed by atoms with Crippen molar-refractivity contribution in [1.82, 2.24) is 14.5 Å². The van der Waals surface area contributed by atoms with Crippen molar-refractivity contribution in [3.8, 4) is 6.07 Å². The molecule has 2 amide bonds. The van der Waals surface area contributed by atoms with E-state index < -0.39 is 0 Å². The molecule has 0 fully saturated rings. The Bertz CT molecular complexity index is 1460. The number of amides is 2. The maximum atomic E-state index is 12.5. The fourth-order valence-electron chi connectivity index (χ4n) is 3.75. The molecule has 0 spiro atoms. The summed E-state index contributed by atoms with van der Waals surface area (Å²) in [6.45, 7) is 0.686. The summed E-state index contributed by atoms with van der Waals surface area (Å²) >= 11 is 0. The third-order valence-electron chi connectivity index (χ3n) is 5.19. The van der Waals surface area contributed by atoms with Crippen LogP contribution in [-0.4, -0.2) is 20.6 Å². The summed E-state index contributed by atoms with van der Waals surface area (Å²) in [5.41, 5.74) is 4.80. The summed E-state index contributed by atoms with van der Waals surface area (Å²) in [4.78, 5) is 20.1. The highest BCUT2D eigenvalue weighted by Crippen LogP contribution is 2.27. The number of nitrogens with zero attached hydrogens (tertiary/aromatic N) is 3. The third kappa shape index (κ3) is 3.58. The van der Waals surface area contributed by atoms with Crippen LogP contribution in [0.3, 0.4) is 0 Å². The van der Waals surface area contributed by atoms with Crippen molar-refractivity contribution < 1.29 is 4.79 Å². The van der Waals surface area contributed by atoms with E-state index in [1.54, 1.807) is 30.5 Å². The number of H-pyrrole nitrogens is 1. The van der Waals surface area contributed by atoms with E-state index in [0.29, 0.717) is 23.5 Å². The van der Waals surface area contributed by atoms with Gasteiger partial charge in [0.1, 0.15) is 5.65 Å². The zero-order valence-corrected chi connectivity index (χ0v) is 16.5. The highest BCUT2D eigenvalue weighted by atomic mass is 16.2. The molecule has 7 heteroatoms. The van der Waals surface area contributed by atoms with Crippen LogP contribution in [0.2, 0.25) is 0 Å². The van der Waals surface area contributed by atoms with E-state index in [1.165, 1.54) is 0 Å². The number of hydrogen-bond acceptors (Lipinski definition) is 3. The van der Waals surface area contributed by atoms with Gasteiger partial charge in [-0.05, 0) is 54.1 Å². The number of aromatic amines is 1. The number of pyridine rings is 1. The summed E-state index contributed by atoms with van der Waals surface area (Å²) in [5.74, 6) is 0. The van der Waals surface area contributed by atoms with Crippen LogP contribution < -0.4 is 10.6 Å². The fourth-order valence-corrected chi connectivity index (χ4v) is 3.75. The summed E-state index contributed by atoms with van der Waals surface area (Å²) in [6.07, 6.45) is 5.76. The maximum absolute atomic E-state index is 12.5. The van der Waals surface area contributed by atoms with Gasteiger partial charge in [-0.25, -0.2) is 9.78 Å². The lowest BCUT2D eigenvalue weighted by Crippen LogP contribution is -2.19. The van der Waals surface area contributed by atoms with E-state index in [0.717, 1.165) is 27.5 Å². The highest BCUT2D eigenvalue weighted by molar-refractivity contribution is 6.05. The van der Waals surface area contributed by atoms with Crippen molar-refractivity contribution in [2.45, 2.75) is 6.54 Å². The molecular weight excluding hydrogens is 388 g/mol. The molecule has 0 aliphatic rings. The standard InChI is InChI=1S/C24H18N6O/c25-13-16-4-1-5-18(12-16)28-24(31)29-21-7-2-8-22-20(21)9-11-30(22)15-17-14-27-23-19(17)6-3-10-26-23/h1-12,14H,15H2,(H,26,27)(H2,28,29,31). The quantitative estimate of drug-likeness (QED) is 0.388. The Morgan fingerprint density at radius 1 is 1.06 bits per heavy atom. The van der Waals surface area contributed by atoms with E-state index in [2.05, 4.69) is 37.3 Å². The van der Waals surface area contributed by atoms with Gasteiger partial charge in [0.15, 0.2) is 0 Å². The Balaban J connectivity index is 1.39. The lowest BCUT2D eigenvalue weighted by atomic mass is 10.2. The van der Waals surface area contributed by atoms with Crippen LogP contribution in [0.25, 0.3) is 21.9 Å². The Labute approximate surface area is 178 Å². The SMILES string of the molecule is N#Cc1cccc(NC(=O)Nc2cccc3c2ccn3Cc2c[nH]c3ncccc23)c1. The molecule has 150 valence electrons. The Morgan fingerprint density at radius 2 is 1.97 bits per heavy atom. The molecule has 7 nitrogen and oxygen atoms in total. The van der Waals surface area contributed by atoms with Gasteiger partial charge in [-0.3, -0.25) is 0 Å². The predicted octanol–water partition coefficient (Wildman–Crippen LogP) is 5.08. The molecular formula is C24H18N6O. The first-order valence-electron chi connectivity index (χ1n) is 9.78. The van der Waals surface area contributed by atoms with Gasteiger partial charge >= 0.3 is 6.03 Å². The molecule has 0 aliphatic heterocycles. The molecule has 0 saturated heterocycles. The number of fused-ring (bicyclic) bond motifs is 2. The molecule has 5 rings (SSSR count). The van der Waals surface area contributed by atoms with Crippen LogP contribution in [0.5, 0.6) is 0 Å². The number of rotatable bonds is 4. The Hall–Kier alpha value is -4.57. The number of nitriles is 1. The average Bonchev–Trinajstić information content (AvgIpc) is 3.39. The van der Waals surface area contributed by atoms with Crippen molar-refractivity contribution >= 4 is 39.3 Å². The van der Waals surface area contributed by atoms with Crippen LogP contribution in [0, 0.1) is 11.3 Å². The number of anilines is 2. The van der Waals surface area contributed by atoms with Gasteiger partial charge in [-0.1, -0.05) is 12.1 Å². The molecule has 0 radical (unpaired) electrons. The van der Waals surface area contributed by atoms with E-state index in [9.17, 15) is 4.79 Å². The van der Waals surface area contributed by atoms with Crippen LogP contribution in [-0.2, 0) is 6.54 Å². The predicted molar refractivity (Wildman–Crippen MR) is 121 cm³/mol. The maximum Gasteiger partial charge on any atom is 0.323 e. The van der Waals surface area contributed by atoms with Gasteiger partial charge in [0.25, 0.3) is 0 Å². The summed E-state index contributed by atoms with van der Waals surface area (Å²) < 4.78 is 2.14. The molecule has 0 atom stereocenters. The smallest absolute Gasteiger partial charge is 0.323 e. The minimum Gasteiger partial charge on any atom is -0.346 e. The third-order valence-corrected chi connectivity index (χ3v) is 5.19. The molecule has 3 aromatic heterocycles. The first-order valence-corrected chi connectivity index (χ1v) is 9.78. The van der Waals surface area contributed by atoms with Crippen LogP contribution in [0.1, 0.15) is 11.1 Å². The van der Waals surface area contributed by atoms with Crippen LogP contribution in [0.4, 0.5) is 16.2 Å². The zero-order chi connectivity index (χ0) is 21.2. The molecule has 5 aromatic rings. The Morgan fingerprint density at radius 3 is 2.87 bits per heavy atom. The molecule has 0 saturated carbocycles. The van der Waals surface area contributed by atoms with E-state index in [4.69, 9.17) is 5.26 Å².